The van der Waals surface area contributed by atoms with E-state index >= 15 is 0 Å². The Bertz CT molecular complexity index is 1620. The molecule has 3 nitrogen and oxygen atoms in total. The second kappa shape index (κ2) is 9.51. The minimum atomic E-state index is -7.18. The van der Waals surface area contributed by atoms with E-state index in [1.165, 1.54) is 0 Å². The van der Waals surface area contributed by atoms with Gasteiger partial charge in [0.15, 0.2) is 0 Å². The van der Waals surface area contributed by atoms with Crippen LogP contribution in [0.4, 0.5) is 65.9 Å². The molecule has 5 rings (SSSR count). The normalized spacial score (nSPS) is 23.7. The maximum atomic E-state index is 14.9. The minimum absolute atomic E-state index is 0.125. The predicted octanol–water partition coefficient (Wildman–Crippen LogP) is 8.17. The molecule has 1 N–H and O–H groups in total. The molecule has 0 bridgehead atoms. The van der Waals surface area contributed by atoms with Crippen molar-refractivity contribution in [3.8, 4) is 0 Å². The van der Waals surface area contributed by atoms with Crippen molar-refractivity contribution in [1.29, 1.82) is 0 Å². The Morgan fingerprint density at radius 3 is 1.43 bits per heavy atom. The molecule has 46 heavy (non-hydrogen) atoms. The number of benzene rings is 3. The molecule has 1 fully saturated rings. The summed E-state index contributed by atoms with van der Waals surface area (Å²) in [6.45, 7) is 0. The van der Waals surface area contributed by atoms with Gasteiger partial charge in [0.1, 0.15) is 0 Å². The van der Waals surface area contributed by atoms with Crippen molar-refractivity contribution in [3.05, 3.63) is 95.6 Å². The van der Waals surface area contributed by atoms with Crippen LogP contribution < -0.4 is 10.6 Å². The Labute approximate surface area is 247 Å². The summed E-state index contributed by atoms with van der Waals surface area (Å²) in [7, 11) is -7.18. The van der Waals surface area contributed by atoms with Gasteiger partial charge < -0.3 is 0 Å². The van der Waals surface area contributed by atoms with E-state index in [1.807, 2.05) is 0 Å². The van der Waals surface area contributed by atoms with Crippen LogP contribution in [0.3, 0.4) is 0 Å². The van der Waals surface area contributed by atoms with Crippen molar-refractivity contribution in [3.63, 3.8) is 0 Å². The number of hydrogen-bond acceptors (Lipinski definition) is 3. The molecule has 2 aliphatic heterocycles. The second-order valence-corrected chi connectivity index (χ2v) is 14.5. The van der Waals surface area contributed by atoms with Crippen molar-refractivity contribution >= 4 is 17.7 Å². The molecule has 0 unspecified atom stereocenters. The summed E-state index contributed by atoms with van der Waals surface area (Å²) in [6, 6.07) is 7.17. The van der Waals surface area contributed by atoms with Crippen LogP contribution in [-0.4, -0.2) is 42.1 Å². The summed E-state index contributed by atoms with van der Waals surface area (Å²) in [4.78, 5) is 0. The van der Waals surface area contributed by atoms with Gasteiger partial charge in [0.05, 0.1) is 0 Å². The summed E-state index contributed by atoms with van der Waals surface area (Å²) in [5.74, 6) is 0. The van der Waals surface area contributed by atoms with Gasteiger partial charge in [0.2, 0.25) is 0 Å². The number of rotatable bonds is 3. The van der Waals surface area contributed by atoms with Gasteiger partial charge in [-0.1, -0.05) is 0 Å². The summed E-state index contributed by atoms with van der Waals surface area (Å²) in [6.07, 6.45) is -34.7. The van der Waals surface area contributed by atoms with E-state index in [9.17, 15) is 71.0 Å². The Morgan fingerprint density at radius 1 is 0.543 bits per heavy atom. The first kappa shape index (κ1) is 34.3. The molecule has 1 saturated heterocycles. The van der Waals surface area contributed by atoms with Gasteiger partial charge in [0, 0.05) is 0 Å². The van der Waals surface area contributed by atoms with E-state index in [-0.39, 0.29) is 18.2 Å². The van der Waals surface area contributed by atoms with E-state index in [4.69, 9.17) is 9.05 Å². The monoisotopic (exact) mass is 704 g/mol. The Kier molecular flexibility index (Phi) is 7.08. The Balaban J connectivity index is 2.02. The Hall–Kier alpha value is -3.08. The predicted molar refractivity (Wildman–Crippen MR) is 130 cm³/mol. The van der Waals surface area contributed by atoms with Crippen molar-refractivity contribution in [1.82, 2.24) is 0 Å². The van der Waals surface area contributed by atoms with Crippen LogP contribution in [0.25, 0.3) is 0 Å². The molecular formula is C27H16F15O3P. The first-order chi connectivity index (χ1) is 20.8. The van der Waals surface area contributed by atoms with Gasteiger partial charge in [-0.05, 0) is 0 Å². The molecule has 0 saturated carbocycles. The molecule has 2 heterocycles. The molecule has 0 radical (unpaired) electrons. The summed E-state index contributed by atoms with van der Waals surface area (Å²) in [5, 5.41) is 6.93. The molecule has 0 aliphatic carbocycles. The maximum absolute atomic E-state index is 14.9. The van der Waals surface area contributed by atoms with Crippen LogP contribution in [0.1, 0.15) is 16.7 Å². The zero-order chi connectivity index (χ0) is 34.6. The van der Waals surface area contributed by atoms with Gasteiger partial charge >= 0.3 is 247 Å². The third-order valence-electron chi connectivity index (χ3n) is 8.06. The van der Waals surface area contributed by atoms with Gasteiger partial charge in [0.25, 0.3) is 0 Å². The molecule has 1 atom stereocenters. The summed E-state index contributed by atoms with van der Waals surface area (Å²) in [5.41, 5.74) is -20.9. The quantitative estimate of drug-likeness (QED) is 0.221. The average Bonchev–Trinajstić information content (AvgIpc) is 3.21. The molecule has 0 aromatic heterocycles. The number of hydrogen-bond donors (Lipinski definition) is 1. The van der Waals surface area contributed by atoms with Crippen LogP contribution in [0.2, 0.25) is 0 Å². The zero-order valence-electron chi connectivity index (χ0n) is 22.1. The van der Waals surface area contributed by atoms with E-state index in [1.54, 1.807) is 0 Å². The number of alkyl halides is 15. The van der Waals surface area contributed by atoms with Crippen molar-refractivity contribution < 1.29 is 80.0 Å². The van der Waals surface area contributed by atoms with E-state index in [2.05, 4.69) is 0 Å². The van der Waals surface area contributed by atoms with Crippen molar-refractivity contribution in [2.75, 3.05) is 6.16 Å². The molecule has 252 valence electrons. The Morgan fingerprint density at radius 2 is 0.978 bits per heavy atom. The molecule has 19 heteroatoms. The zero-order valence-corrected chi connectivity index (χ0v) is 23.0. The van der Waals surface area contributed by atoms with Gasteiger partial charge in [-0.3, -0.25) is 0 Å². The van der Waals surface area contributed by atoms with Crippen LogP contribution in [0.5, 0.6) is 0 Å². The van der Waals surface area contributed by atoms with Gasteiger partial charge in [-0.15, -0.1) is 0 Å². The number of halogens is 15. The number of fused-ring (bicyclic) bond motifs is 2. The van der Waals surface area contributed by atoms with Crippen molar-refractivity contribution in [2.45, 2.75) is 47.7 Å². The number of aliphatic hydroxyl groups is 1. The third-order valence-corrected chi connectivity index (χ3v) is 13.2. The molecule has 3 aromatic rings. The van der Waals surface area contributed by atoms with Crippen LogP contribution in [-0.2, 0) is 25.9 Å². The fourth-order valence-corrected chi connectivity index (χ4v) is 12.4. The third kappa shape index (κ3) is 4.05. The molecule has 3 aromatic carbocycles. The van der Waals surface area contributed by atoms with Crippen molar-refractivity contribution in [2.24, 2.45) is 0 Å². The van der Waals surface area contributed by atoms with E-state index in [0.717, 1.165) is 18.2 Å². The first-order valence-electron chi connectivity index (χ1n) is 12.5. The van der Waals surface area contributed by atoms with Gasteiger partial charge in [-0.2, -0.15) is 0 Å². The van der Waals surface area contributed by atoms with Crippen LogP contribution >= 0.6 is 7.06 Å². The average molecular weight is 704 g/mol. The SMILES string of the molecule is OC(c1ccccc1P12(C[C@](c3ccccc3)(C(F)(F)F)O1)OC(C(F)(F)F)(C(F)(F)F)c1ccccc12)(C(F)(F)F)C(F)(F)F. The fraction of sp³-hybridized carbons (Fsp3) is 0.333. The van der Waals surface area contributed by atoms with E-state index < -0.39 is 88.2 Å². The summed E-state index contributed by atoms with van der Waals surface area (Å²) >= 11 is 0. The standard InChI is InChI=1S/C27H16F15O3P/c28-23(29,30)20(15-8-2-1-3-9-15)14-46(44-20,18-12-6-4-10-16(18)21(43,24(31,32)33)25(34,35)36)19-13-7-5-11-17(19)22(45-46,26(37,38)39)27(40,41)42/h1-13,43H,14H2/t20-/m0/s1. The molecule has 1 spiro atoms. The van der Waals surface area contributed by atoms with Crippen LogP contribution in [0.15, 0.2) is 78.9 Å². The fourth-order valence-electron chi connectivity index (χ4n) is 6.15. The molecule has 0 amide bonds. The van der Waals surface area contributed by atoms with Crippen LogP contribution in [0, 0.1) is 0 Å². The molecule has 2 aliphatic rings. The first-order valence-corrected chi connectivity index (χ1v) is 14.8. The summed E-state index contributed by atoms with van der Waals surface area (Å²) < 4.78 is 228. The van der Waals surface area contributed by atoms with Gasteiger partial charge in [-0.25, -0.2) is 0 Å². The molecular weight excluding hydrogens is 688 g/mol. The second-order valence-electron chi connectivity index (χ2n) is 10.6. The topological polar surface area (TPSA) is 38.7 Å². The van der Waals surface area contributed by atoms with E-state index in [0.29, 0.717) is 42.5 Å².